The minimum Gasteiger partial charge on any atom is -0.488 e. The number of aromatic amines is 1. The number of aromatic nitrogens is 1. The summed E-state index contributed by atoms with van der Waals surface area (Å²) in [4.78, 5) is 41.1. The van der Waals surface area contributed by atoms with E-state index in [9.17, 15) is 14.4 Å². The van der Waals surface area contributed by atoms with Crippen LogP contribution >= 0.6 is 11.3 Å². The third-order valence-corrected chi connectivity index (χ3v) is 6.12. The highest BCUT2D eigenvalue weighted by Gasteiger charge is 2.25. The smallest absolute Gasteiger partial charge is 0.348 e. The van der Waals surface area contributed by atoms with Crippen molar-refractivity contribution in [1.29, 1.82) is 0 Å². The van der Waals surface area contributed by atoms with Gasteiger partial charge < -0.3 is 14.5 Å². The van der Waals surface area contributed by atoms with E-state index < -0.39 is 12.6 Å². The Hall–Kier alpha value is -3.19. The van der Waals surface area contributed by atoms with E-state index in [1.807, 2.05) is 24.3 Å². The predicted octanol–water partition coefficient (Wildman–Crippen LogP) is 4.49. The Labute approximate surface area is 171 Å². The molecule has 0 aliphatic carbocycles. The lowest BCUT2D eigenvalue weighted by Crippen LogP contribution is -2.15. The van der Waals surface area contributed by atoms with E-state index in [1.54, 1.807) is 19.9 Å². The zero-order chi connectivity index (χ0) is 20.7. The number of carbonyl (C=O) groups is 3. The number of ketones is 2. The number of esters is 1. The zero-order valence-corrected chi connectivity index (χ0v) is 17.1. The molecule has 0 saturated carbocycles. The molecule has 0 amide bonds. The second kappa shape index (κ2) is 7.33. The topological polar surface area (TPSA) is 85.5 Å². The molecule has 6 nitrogen and oxygen atoms in total. The van der Waals surface area contributed by atoms with E-state index in [2.05, 4.69) is 4.98 Å². The van der Waals surface area contributed by atoms with Crippen molar-refractivity contribution in [1.82, 2.24) is 4.98 Å². The SMILES string of the molecule is CC(=O)c1c(C)[nH]c(C(=O)COC(=O)c2cc3c(s2)-c2ccccc2OC3)c1C. The van der Waals surface area contributed by atoms with Crippen LogP contribution in [-0.2, 0) is 11.3 Å². The number of hydrogen-bond donors (Lipinski definition) is 1. The zero-order valence-electron chi connectivity index (χ0n) is 16.3. The van der Waals surface area contributed by atoms with E-state index in [4.69, 9.17) is 9.47 Å². The van der Waals surface area contributed by atoms with Gasteiger partial charge in [-0.2, -0.15) is 0 Å². The molecule has 3 heterocycles. The largest absolute Gasteiger partial charge is 0.488 e. The summed E-state index contributed by atoms with van der Waals surface area (Å²) < 4.78 is 11.0. The highest BCUT2D eigenvalue weighted by molar-refractivity contribution is 7.17. The Morgan fingerprint density at radius 3 is 2.69 bits per heavy atom. The van der Waals surface area contributed by atoms with Crippen molar-refractivity contribution in [2.75, 3.05) is 6.61 Å². The molecule has 1 N–H and O–H groups in total. The predicted molar refractivity (Wildman–Crippen MR) is 109 cm³/mol. The fourth-order valence-electron chi connectivity index (χ4n) is 3.63. The molecule has 0 radical (unpaired) electrons. The number of ether oxygens (including phenoxy) is 2. The fraction of sp³-hybridized carbons (Fsp3) is 0.227. The van der Waals surface area contributed by atoms with Crippen molar-refractivity contribution in [3.63, 3.8) is 0 Å². The lowest BCUT2D eigenvalue weighted by Gasteiger charge is -2.16. The summed E-state index contributed by atoms with van der Waals surface area (Å²) >= 11 is 1.33. The summed E-state index contributed by atoms with van der Waals surface area (Å²) in [6.45, 7) is 4.90. The lowest BCUT2D eigenvalue weighted by molar-refractivity contribution is 0.0478. The van der Waals surface area contributed by atoms with Crippen LogP contribution in [0.2, 0.25) is 0 Å². The third-order valence-electron chi connectivity index (χ3n) is 4.93. The number of thiophene rings is 1. The van der Waals surface area contributed by atoms with Crippen LogP contribution in [0, 0.1) is 13.8 Å². The number of Topliss-reactive ketones (excluding diaryl/α,β-unsaturated/α-hetero) is 2. The van der Waals surface area contributed by atoms with Gasteiger partial charge >= 0.3 is 5.97 Å². The van der Waals surface area contributed by atoms with Gasteiger partial charge in [-0.3, -0.25) is 9.59 Å². The lowest BCUT2D eigenvalue weighted by atomic mass is 10.1. The number of hydrogen-bond acceptors (Lipinski definition) is 6. The van der Waals surface area contributed by atoms with Crippen molar-refractivity contribution < 1.29 is 23.9 Å². The van der Waals surface area contributed by atoms with Crippen molar-refractivity contribution in [2.24, 2.45) is 0 Å². The van der Waals surface area contributed by atoms with Crippen LogP contribution in [0.4, 0.5) is 0 Å². The molecule has 2 aromatic heterocycles. The van der Waals surface area contributed by atoms with Gasteiger partial charge in [0.1, 0.15) is 17.2 Å². The number of carbonyl (C=O) groups excluding carboxylic acids is 3. The average molecular weight is 409 g/mol. The van der Waals surface area contributed by atoms with Crippen molar-refractivity contribution in [3.05, 3.63) is 63.3 Å². The summed E-state index contributed by atoms with van der Waals surface area (Å²) in [5.41, 5.74) is 3.89. The van der Waals surface area contributed by atoms with Crippen LogP contribution in [0.5, 0.6) is 5.75 Å². The molecule has 4 rings (SSSR count). The quantitative estimate of drug-likeness (QED) is 0.496. The Bertz CT molecular complexity index is 1150. The maximum absolute atomic E-state index is 12.5. The Balaban J connectivity index is 1.49. The van der Waals surface area contributed by atoms with Crippen molar-refractivity contribution in [3.8, 4) is 16.2 Å². The van der Waals surface area contributed by atoms with E-state index in [-0.39, 0.29) is 11.6 Å². The van der Waals surface area contributed by atoms with Crippen LogP contribution < -0.4 is 4.74 Å². The number of fused-ring (bicyclic) bond motifs is 3. The second-order valence-electron chi connectivity index (χ2n) is 6.93. The molecule has 0 spiro atoms. The van der Waals surface area contributed by atoms with E-state index in [0.29, 0.717) is 34.0 Å². The number of rotatable bonds is 5. The van der Waals surface area contributed by atoms with Crippen LogP contribution in [0.1, 0.15) is 54.3 Å². The van der Waals surface area contributed by atoms with Gasteiger partial charge in [-0.1, -0.05) is 12.1 Å². The van der Waals surface area contributed by atoms with Crippen molar-refractivity contribution >= 4 is 28.9 Å². The summed E-state index contributed by atoms with van der Waals surface area (Å²) in [5.74, 6) is -0.251. The number of para-hydroxylation sites is 1. The van der Waals surface area contributed by atoms with Gasteiger partial charge in [0.05, 0.1) is 5.69 Å². The highest BCUT2D eigenvalue weighted by atomic mass is 32.1. The monoisotopic (exact) mass is 409 g/mol. The highest BCUT2D eigenvalue weighted by Crippen LogP contribution is 2.42. The number of benzene rings is 1. The van der Waals surface area contributed by atoms with Gasteiger partial charge in [0.25, 0.3) is 0 Å². The minimum atomic E-state index is -0.553. The van der Waals surface area contributed by atoms with Crippen molar-refractivity contribution in [2.45, 2.75) is 27.4 Å². The normalized spacial score (nSPS) is 12.0. The molecule has 7 heteroatoms. The molecule has 1 aromatic carbocycles. The first kappa shape index (κ1) is 19.1. The first-order valence-corrected chi connectivity index (χ1v) is 9.93. The Morgan fingerprint density at radius 1 is 1.21 bits per heavy atom. The van der Waals surface area contributed by atoms with Crippen LogP contribution in [-0.4, -0.2) is 29.1 Å². The van der Waals surface area contributed by atoms with Gasteiger partial charge in [0.15, 0.2) is 12.4 Å². The molecule has 0 saturated heterocycles. The van der Waals surface area contributed by atoms with E-state index in [1.165, 1.54) is 18.3 Å². The number of nitrogens with one attached hydrogen (secondary N) is 1. The molecule has 0 bridgehead atoms. The molecule has 1 aliphatic heterocycles. The van der Waals surface area contributed by atoms with E-state index >= 15 is 0 Å². The molecule has 0 atom stereocenters. The van der Waals surface area contributed by atoms with Gasteiger partial charge in [-0.15, -0.1) is 11.3 Å². The summed E-state index contributed by atoms with van der Waals surface area (Å²) in [7, 11) is 0. The summed E-state index contributed by atoms with van der Waals surface area (Å²) in [6, 6.07) is 9.42. The van der Waals surface area contributed by atoms with Crippen LogP contribution in [0.25, 0.3) is 10.4 Å². The Morgan fingerprint density at radius 2 is 1.97 bits per heavy atom. The molecule has 0 unspecified atom stereocenters. The molecule has 3 aromatic rings. The standard InChI is InChI=1S/C22H19NO5S/c1-11-19(13(3)24)12(2)23-20(11)16(25)10-28-22(26)18-8-14-9-27-17-7-5-4-6-15(17)21(14)29-18/h4-8,23H,9-10H2,1-3H3. The maximum Gasteiger partial charge on any atom is 0.348 e. The molecule has 148 valence electrons. The van der Waals surface area contributed by atoms with Crippen LogP contribution in [0.15, 0.2) is 30.3 Å². The first-order valence-electron chi connectivity index (χ1n) is 9.12. The van der Waals surface area contributed by atoms with Crippen LogP contribution in [0.3, 0.4) is 0 Å². The van der Waals surface area contributed by atoms with Gasteiger partial charge in [0, 0.05) is 27.3 Å². The third kappa shape index (κ3) is 3.38. The first-order chi connectivity index (χ1) is 13.9. The summed E-state index contributed by atoms with van der Waals surface area (Å²) in [6.07, 6.45) is 0. The molecule has 0 fully saturated rings. The molecular formula is C22H19NO5S. The van der Waals surface area contributed by atoms with Gasteiger partial charge in [-0.25, -0.2) is 4.79 Å². The minimum absolute atomic E-state index is 0.112. The molecule has 29 heavy (non-hydrogen) atoms. The van der Waals surface area contributed by atoms with Gasteiger partial charge in [0.2, 0.25) is 5.78 Å². The van der Waals surface area contributed by atoms with E-state index in [0.717, 1.165) is 21.8 Å². The average Bonchev–Trinajstić information content (AvgIpc) is 3.26. The van der Waals surface area contributed by atoms with Gasteiger partial charge in [-0.05, 0) is 44.5 Å². The molecular weight excluding hydrogens is 390 g/mol. The summed E-state index contributed by atoms with van der Waals surface area (Å²) in [5, 5.41) is 0. The number of aryl methyl sites for hydroxylation is 1. The maximum atomic E-state index is 12.5. The second-order valence-corrected chi connectivity index (χ2v) is 7.98. The fourth-order valence-corrected chi connectivity index (χ4v) is 4.72. The Kier molecular flexibility index (Phi) is 4.84. The molecule has 1 aliphatic rings. The number of H-pyrrole nitrogens is 1.